The molecule has 1 fully saturated rings. The second kappa shape index (κ2) is 5.13. The topological polar surface area (TPSA) is 95.7 Å². The van der Waals surface area contributed by atoms with Crippen LogP contribution in [0.1, 0.15) is 13.8 Å². The van der Waals surface area contributed by atoms with Crippen molar-refractivity contribution in [2.45, 2.75) is 32.0 Å². The number of carbonyl (C=O) groups is 3. The van der Waals surface area contributed by atoms with Crippen LogP contribution in [0.25, 0.3) is 0 Å². The van der Waals surface area contributed by atoms with Crippen LogP contribution in [0.3, 0.4) is 0 Å². The number of carbonyl (C=O) groups excluding carboxylic acids is 2. The summed E-state index contributed by atoms with van der Waals surface area (Å²) in [7, 11) is 1.28. The number of carboxylic acid groups (broad SMARTS) is 1. The Hall–Kier alpha value is -1.63. The van der Waals surface area contributed by atoms with Gasteiger partial charge in [0.25, 0.3) is 0 Å². The number of rotatable bonds is 5. The number of nitrogens with zero attached hydrogens (tertiary/aromatic N) is 1. The first-order valence-corrected chi connectivity index (χ1v) is 5.25. The zero-order valence-electron chi connectivity index (χ0n) is 9.97. The second-order valence-corrected chi connectivity index (χ2v) is 3.98. The van der Waals surface area contributed by atoms with E-state index in [1.165, 1.54) is 14.0 Å². The Morgan fingerprint density at radius 1 is 1.41 bits per heavy atom. The lowest BCUT2D eigenvalue weighted by Gasteiger charge is -2.12. The maximum Gasteiger partial charge on any atom is 0.325 e. The summed E-state index contributed by atoms with van der Waals surface area (Å²) >= 11 is 0. The molecule has 1 aliphatic heterocycles. The summed E-state index contributed by atoms with van der Waals surface area (Å²) in [5, 5.41) is 11.0. The number of methoxy groups -OCH3 is 1. The molecule has 4 atom stereocenters. The Balaban J connectivity index is 2.43. The van der Waals surface area contributed by atoms with Crippen molar-refractivity contribution < 1.29 is 24.2 Å². The van der Waals surface area contributed by atoms with Gasteiger partial charge < -0.3 is 15.2 Å². The molecule has 1 amide bonds. The predicted molar refractivity (Wildman–Crippen MR) is 57.2 cm³/mol. The summed E-state index contributed by atoms with van der Waals surface area (Å²) in [4.78, 5) is 35.0. The van der Waals surface area contributed by atoms with Crippen LogP contribution >= 0.6 is 0 Å². The van der Waals surface area contributed by atoms with Crippen LogP contribution in [-0.4, -0.2) is 59.6 Å². The van der Waals surface area contributed by atoms with Crippen LogP contribution in [0.4, 0.5) is 0 Å². The molecule has 17 heavy (non-hydrogen) atoms. The molecule has 0 bridgehead atoms. The first-order chi connectivity index (χ1) is 7.88. The van der Waals surface area contributed by atoms with E-state index < -0.39 is 30.1 Å². The Bertz CT molecular complexity index is 344. The van der Waals surface area contributed by atoms with E-state index in [9.17, 15) is 14.4 Å². The molecule has 7 nitrogen and oxygen atoms in total. The monoisotopic (exact) mass is 244 g/mol. The number of aliphatic carboxylic acids is 1. The van der Waals surface area contributed by atoms with Crippen LogP contribution in [0.15, 0.2) is 0 Å². The van der Waals surface area contributed by atoms with Crippen molar-refractivity contribution in [1.82, 2.24) is 10.2 Å². The quantitative estimate of drug-likeness (QED) is 0.467. The number of hydrogen-bond donors (Lipinski definition) is 2. The van der Waals surface area contributed by atoms with E-state index in [0.717, 1.165) is 0 Å². The SMILES string of the molecule is COC(=O)[C@@H](C)N1CC1C(=O)NC(C)C(=O)O. The van der Waals surface area contributed by atoms with Gasteiger partial charge in [-0.25, -0.2) is 0 Å². The highest BCUT2D eigenvalue weighted by Gasteiger charge is 2.46. The van der Waals surface area contributed by atoms with E-state index in [1.54, 1.807) is 11.8 Å². The lowest BCUT2D eigenvalue weighted by Crippen LogP contribution is -2.42. The van der Waals surface area contributed by atoms with Gasteiger partial charge in [0.15, 0.2) is 0 Å². The maximum atomic E-state index is 11.6. The zero-order valence-corrected chi connectivity index (χ0v) is 9.97. The largest absolute Gasteiger partial charge is 0.480 e. The Morgan fingerprint density at radius 2 is 2.00 bits per heavy atom. The molecule has 96 valence electrons. The molecular weight excluding hydrogens is 228 g/mol. The van der Waals surface area contributed by atoms with E-state index in [2.05, 4.69) is 10.1 Å². The molecule has 1 heterocycles. The van der Waals surface area contributed by atoms with Crippen molar-refractivity contribution in [3.8, 4) is 0 Å². The average molecular weight is 244 g/mol. The van der Waals surface area contributed by atoms with Crippen molar-refractivity contribution in [2.24, 2.45) is 0 Å². The maximum absolute atomic E-state index is 11.6. The smallest absolute Gasteiger partial charge is 0.325 e. The molecule has 3 unspecified atom stereocenters. The van der Waals surface area contributed by atoms with Crippen molar-refractivity contribution >= 4 is 17.8 Å². The summed E-state index contributed by atoms with van der Waals surface area (Å²) in [5.41, 5.74) is 0. The van der Waals surface area contributed by atoms with Crippen LogP contribution in [0, 0.1) is 0 Å². The van der Waals surface area contributed by atoms with Crippen LogP contribution < -0.4 is 5.32 Å². The number of hydrogen-bond acceptors (Lipinski definition) is 5. The number of esters is 1. The van der Waals surface area contributed by atoms with E-state index >= 15 is 0 Å². The number of carboxylic acids is 1. The van der Waals surface area contributed by atoms with Gasteiger partial charge in [-0.05, 0) is 13.8 Å². The first kappa shape index (κ1) is 13.4. The lowest BCUT2D eigenvalue weighted by molar-refractivity contribution is -0.145. The van der Waals surface area contributed by atoms with Crippen molar-refractivity contribution in [3.63, 3.8) is 0 Å². The molecule has 1 aliphatic rings. The zero-order chi connectivity index (χ0) is 13.2. The van der Waals surface area contributed by atoms with Crippen molar-refractivity contribution in [3.05, 3.63) is 0 Å². The molecule has 0 aromatic rings. The normalized spacial score (nSPS) is 25.6. The third kappa shape index (κ3) is 3.16. The molecule has 0 aliphatic carbocycles. The fraction of sp³-hybridized carbons (Fsp3) is 0.700. The Labute approximate surface area is 98.7 Å². The fourth-order valence-electron chi connectivity index (χ4n) is 1.49. The third-order valence-electron chi connectivity index (χ3n) is 2.72. The van der Waals surface area contributed by atoms with Crippen molar-refractivity contribution in [1.29, 1.82) is 0 Å². The standard InChI is InChI=1S/C10H16N2O5/c1-5(9(14)15)11-8(13)7-4-12(7)6(2)10(16)17-3/h5-7H,4H2,1-3H3,(H,11,13)(H,14,15)/t5?,6-,7?,12?/m1/s1. The molecule has 0 spiro atoms. The molecule has 7 heteroatoms. The molecule has 0 aromatic heterocycles. The van der Waals surface area contributed by atoms with Gasteiger partial charge in [0.1, 0.15) is 18.1 Å². The summed E-state index contributed by atoms with van der Waals surface area (Å²) in [6.45, 7) is 3.46. The lowest BCUT2D eigenvalue weighted by atomic mass is 10.3. The van der Waals surface area contributed by atoms with Gasteiger partial charge in [-0.2, -0.15) is 0 Å². The second-order valence-electron chi connectivity index (χ2n) is 3.98. The van der Waals surface area contributed by atoms with Gasteiger partial charge >= 0.3 is 11.9 Å². The minimum absolute atomic E-state index is 0.379. The Morgan fingerprint density at radius 3 is 2.47 bits per heavy atom. The van der Waals surface area contributed by atoms with Crippen LogP contribution in [0.5, 0.6) is 0 Å². The van der Waals surface area contributed by atoms with E-state index in [-0.39, 0.29) is 5.91 Å². The van der Waals surface area contributed by atoms with E-state index in [4.69, 9.17) is 5.11 Å². The van der Waals surface area contributed by atoms with Gasteiger partial charge in [0.05, 0.1) is 7.11 Å². The molecule has 0 aromatic carbocycles. The van der Waals surface area contributed by atoms with E-state index in [1.807, 2.05) is 0 Å². The molecule has 1 saturated heterocycles. The van der Waals surface area contributed by atoms with Gasteiger partial charge in [-0.15, -0.1) is 0 Å². The fourth-order valence-corrected chi connectivity index (χ4v) is 1.49. The summed E-state index contributed by atoms with van der Waals surface area (Å²) in [6, 6.07) is -1.86. The molecule has 1 rings (SSSR count). The minimum Gasteiger partial charge on any atom is -0.480 e. The molecular formula is C10H16N2O5. The Kier molecular flexibility index (Phi) is 4.06. The number of nitrogens with one attached hydrogen (secondary N) is 1. The number of ether oxygens (including phenoxy) is 1. The summed E-state index contributed by atoms with van der Waals surface area (Å²) in [6.07, 6.45) is 0. The predicted octanol–water partition coefficient (Wildman–Crippen LogP) is -1.18. The molecule has 0 saturated carbocycles. The third-order valence-corrected chi connectivity index (χ3v) is 2.72. The number of amides is 1. The average Bonchev–Trinajstić information content (AvgIpc) is 3.06. The highest BCUT2D eigenvalue weighted by Crippen LogP contribution is 2.22. The first-order valence-electron chi connectivity index (χ1n) is 5.25. The van der Waals surface area contributed by atoms with E-state index in [0.29, 0.717) is 6.54 Å². The van der Waals surface area contributed by atoms with Crippen LogP contribution in [0.2, 0.25) is 0 Å². The van der Waals surface area contributed by atoms with Gasteiger partial charge in [-0.3, -0.25) is 19.3 Å². The highest BCUT2D eigenvalue weighted by atomic mass is 16.5. The van der Waals surface area contributed by atoms with Gasteiger partial charge in [0.2, 0.25) is 5.91 Å². The summed E-state index contributed by atoms with van der Waals surface area (Å²) < 4.78 is 4.55. The highest BCUT2D eigenvalue weighted by molar-refractivity contribution is 5.89. The minimum atomic E-state index is -1.09. The van der Waals surface area contributed by atoms with Gasteiger partial charge in [0, 0.05) is 6.54 Å². The molecule has 2 N–H and O–H groups in total. The summed E-state index contributed by atoms with van der Waals surface area (Å²) in [5.74, 6) is -1.88. The molecule has 0 radical (unpaired) electrons. The van der Waals surface area contributed by atoms with Gasteiger partial charge in [-0.1, -0.05) is 0 Å². The van der Waals surface area contributed by atoms with Crippen molar-refractivity contribution in [2.75, 3.05) is 13.7 Å². The van der Waals surface area contributed by atoms with Crippen LogP contribution in [-0.2, 0) is 19.1 Å².